The number of likely N-dealkylation sites (tertiary alicyclic amines) is 1. The lowest BCUT2D eigenvalue weighted by Gasteiger charge is -2.25. The molecule has 0 amide bonds. The maximum absolute atomic E-state index is 11.1. The Labute approximate surface area is 117 Å². The van der Waals surface area contributed by atoms with Gasteiger partial charge in [0.2, 0.25) is 0 Å². The van der Waals surface area contributed by atoms with Gasteiger partial charge in [0.15, 0.2) is 0 Å². The van der Waals surface area contributed by atoms with E-state index in [0.717, 1.165) is 31.1 Å². The normalized spacial score (nSPS) is 16.7. The number of ether oxygens (including phenoxy) is 1. The lowest BCUT2D eigenvalue weighted by molar-refractivity contribution is 0.0697. The lowest BCUT2D eigenvalue weighted by Crippen LogP contribution is -2.31. The van der Waals surface area contributed by atoms with Gasteiger partial charge in [-0.3, -0.25) is 0 Å². The molecule has 0 radical (unpaired) electrons. The van der Waals surface area contributed by atoms with Crippen molar-refractivity contribution in [2.45, 2.75) is 32.3 Å². The highest BCUT2D eigenvalue weighted by Gasteiger charge is 2.18. The summed E-state index contributed by atoms with van der Waals surface area (Å²) >= 11 is 1.28. The molecule has 1 N–H and O–H groups in total. The number of hydrogen-bond donors (Lipinski definition) is 1. The summed E-state index contributed by atoms with van der Waals surface area (Å²) in [7, 11) is 1.55. The molecule has 0 spiro atoms. The van der Waals surface area contributed by atoms with Gasteiger partial charge in [-0.15, -0.1) is 11.3 Å². The minimum atomic E-state index is -0.909. The second-order valence-corrected chi connectivity index (χ2v) is 5.86. The molecule has 6 heteroatoms. The molecule has 1 saturated heterocycles. The number of methoxy groups -OCH3 is 1. The molecule has 106 valence electrons. The molecule has 2 rings (SSSR count). The van der Waals surface area contributed by atoms with Crippen LogP contribution in [-0.4, -0.2) is 47.7 Å². The van der Waals surface area contributed by atoms with E-state index in [2.05, 4.69) is 9.88 Å². The number of rotatable bonds is 6. The van der Waals surface area contributed by atoms with Crippen molar-refractivity contribution in [1.82, 2.24) is 9.88 Å². The first-order valence-electron chi connectivity index (χ1n) is 6.64. The van der Waals surface area contributed by atoms with E-state index in [9.17, 15) is 4.79 Å². The molecule has 1 aromatic heterocycles. The molecule has 0 aromatic carbocycles. The molecule has 1 aromatic rings. The van der Waals surface area contributed by atoms with Crippen LogP contribution in [0.1, 0.15) is 39.6 Å². The van der Waals surface area contributed by atoms with Crippen molar-refractivity contribution >= 4 is 17.3 Å². The minimum absolute atomic E-state index is 0.266. The van der Waals surface area contributed by atoms with E-state index in [1.165, 1.54) is 30.6 Å². The zero-order valence-electron chi connectivity index (χ0n) is 11.2. The van der Waals surface area contributed by atoms with Crippen molar-refractivity contribution in [2.75, 3.05) is 26.7 Å². The summed E-state index contributed by atoms with van der Waals surface area (Å²) in [6.45, 7) is 3.55. The van der Waals surface area contributed by atoms with E-state index < -0.39 is 5.97 Å². The third kappa shape index (κ3) is 3.99. The molecule has 0 aliphatic carbocycles. The highest BCUT2D eigenvalue weighted by molar-refractivity contribution is 7.13. The standard InChI is InChI=1S/C13H20N2O3S/c1-18-9-10-12(13(16)17)19-11(14-10)5-8-15-6-3-2-4-7-15/h2-9H2,1H3,(H,16,17). The number of carboxylic acids is 1. The van der Waals surface area contributed by atoms with Crippen molar-refractivity contribution in [2.24, 2.45) is 0 Å². The molecular weight excluding hydrogens is 264 g/mol. The number of aromatic nitrogens is 1. The van der Waals surface area contributed by atoms with E-state index in [-0.39, 0.29) is 6.61 Å². The molecule has 0 bridgehead atoms. The van der Waals surface area contributed by atoms with E-state index >= 15 is 0 Å². The SMILES string of the molecule is COCc1nc(CCN2CCCCC2)sc1C(=O)O. The molecule has 0 unspecified atom stereocenters. The average Bonchev–Trinajstić information content (AvgIpc) is 2.81. The van der Waals surface area contributed by atoms with Crippen LogP contribution >= 0.6 is 11.3 Å². The fourth-order valence-electron chi connectivity index (χ4n) is 2.35. The smallest absolute Gasteiger partial charge is 0.347 e. The average molecular weight is 284 g/mol. The summed E-state index contributed by atoms with van der Waals surface area (Å²) in [4.78, 5) is 18.3. The van der Waals surface area contributed by atoms with Crippen molar-refractivity contribution < 1.29 is 14.6 Å². The van der Waals surface area contributed by atoms with Gasteiger partial charge >= 0.3 is 5.97 Å². The van der Waals surface area contributed by atoms with Gasteiger partial charge in [-0.25, -0.2) is 9.78 Å². The second-order valence-electron chi connectivity index (χ2n) is 4.77. The molecule has 19 heavy (non-hydrogen) atoms. The van der Waals surface area contributed by atoms with Gasteiger partial charge in [0.25, 0.3) is 0 Å². The third-order valence-electron chi connectivity index (χ3n) is 3.31. The Morgan fingerprint density at radius 3 is 2.79 bits per heavy atom. The van der Waals surface area contributed by atoms with Gasteiger partial charge in [0, 0.05) is 20.1 Å². The summed E-state index contributed by atoms with van der Waals surface area (Å²) < 4.78 is 5.00. The van der Waals surface area contributed by atoms with Crippen LogP contribution in [0, 0.1) is 0 Å². The molecule has 2 heterocycles. The Morgan fingerprint density at radius 1 is 1.42 bits per heavy atom. The Kier molecular flexibility index (Phi) is 5.30. The summed E-state index contributed by atoms with van der Waals surface area (Å²) in [6.07, 6.45) is 4.70. The van der Waals surface area contributed by atoms with Crippen LogP contribution in [0.15, 0.2) is 0 Å². The van der Waals surface area contributed by atoms with Crippen LogP contribution in [-0.2, 0) is 17.8 Å². The van der Waals surface area contributed by atoms with E-state index in [1.54, 1.807) is 7.11 Å². The predicted octanol–water partition coefficient (Wildman–Crippen LogP) is 2.02. The molecular formula is C13H20N2O3S. The number of aromatic carboxylic acids is 1. The van der Waals surface area contributed by atoms with Crippen molar-refractivity contribution in [3.05, 3.63) is 15.6 Å². The van der Waals surface area contributed by atoms with E-state index in [0.29, 0.717) is 10.6 Å². The monoisotopic (exact) mass is 284 g/mol. The van der Waals surface area contributed by atoms with E-state index in [4.69, 9.17) is 9.84 Å². The fraction of sp³-hybridized carbons (Fsp3) is 0.692. The summed E-state index contributed by atoms with van der Waals surface area (Å²) in [6, 6.07) is 0. The minimum Gasteiger partial charge on any atom is -0.477 e. The number of piperidine rings is 1. The van der Waals surface area contributed by atoms with Crippen LogP contribution in [0.4, 0.5) is 0 Å². The maximum Gasteiger partial charge on any atom is 0.347 e. The number of carbonyl (C=O) groups is 1. The summed E-state index contributed by atoms with van der Waals surface area (Å²) in [5.74, 6) is -0.909. The molecule has 1 aliphatic heterocycles. The van der Waals surface area contributed by atoms with Crippen LogP contribution < -0.4 is 0 Å². The first kappa shape index (κ1) is 14.4. The molecule has 0 atom stereocenters. The van der Waals surface area contributed by atoms with Crippen LogP contribution in [0.25, 0.3) is 0 Å². The Bertz CT molecular complexity index is 428. The third-order valence-corrected chi connectivity index (χ3v) is 4.45. The van der Waals surface area contributed by atoms with Crippen LogP contribution in [0.5, 0.6) is 0 Å². The van der Waals surface area contributed by atoms with Crippen molar-refractivity contribution in [3.63, 3.8) is 0 Å². The Morgan fingerprint density at radius 2 is 2.16 bits per heavy atom. The van der Waals surface area contributed by atoms with Crippen LogP contribution in [0.3, 0.4) is 0 Å². The van der Waals surface area contributed by atoms with Gasteiger partial charge in [0.1, 0.15) is 4.88 Å². The number of nitrogens with zero attached hydrogens (tertiary/aromatic N) is 2. The summed E-state index contributed by atoms with van der Waals surface area (Å²) in [5, 5.41) is 10.0. The number of carboxylic acid groups (broad SMARTS) is 1. The Hall–Kier alpha value is -0.980. The predicted molar refractivity (Wildman–Crippen MR) is 73.8 cm³/mol. The zero-order chi connectivity index (χ0) is 13.7. The van der Waals surface area contributed by atoms with Gasteiger partial charge in [-0.05, 0) is 25.9 Å². The molecule has 1 aliphatic rings. The molecule has 5 nitrogen and oxygen atoms in total. The number of thiazole rings is 1. The van der Waals surface area contributed by atoms with Gasteiger partial charge < -0.3 is 14.7 Å². The first-order chi connectivity index (χ1) is 9.20. The topological polar surface area (TPSA) is 62.7 Å². The maximum atomic E-state index is 11.1. The van der Waals surface area contributed by atoms with Gasteiger partial charge in [0.05, 0.1) is 17.3 Å². The Balaban J connectivity index is 1.95. The quantitative estimate of drug-likeness (QED) is 0.866. The van der Waals surface area contributed by atoms with Gasteiger partial charge in [-0.1, -0.05) is 6.42 Å². The number of hydrogen-bond acceptors (Lipinski definition) is 5. The summed E-state index contributed by atoms with van der Waals surface area (Å²) in [5.41, 5.74) is 0.550. The lowest BCUT2D eigenvalue weighted by atomic mass is 10.1. The van der Waals surface area contributed by atoms with Gasteiger partial charge in [-0.2, -0.15) is 0 Å². The van der Waals surface area contributed by atoms with E-state index in [1.807, 2.05) is 0 Å². The highest BCUT2D eigenvalue weighted by atomic mass is 32.1. The van der Waals surface area contributed by atoms with Crippen LogP contribution in [0.2, 0.25) is 0 Å². The molecule has 0 saturated carbocycles. The van der Waals surface area contributed by atoms with Crippen molar-refractivity contribution in [1.29, 1.82) is 0 Å². The first-order valence-corrected chi connectivity index (χ1v) is 7.45. The fourth-order valence-corrected chi connectivity index (χ4v) is 3.24. The molecule has 1 fully saturated rings. The largest absolute Gasteiger partial charge is 0.477 e. The highest BCUT2D eigenvalue weighted by Crippen LogP contribution is 2.20. The second kappa shape index (κ2) is 6.98. The van der Waals surface area contributed by atoms with Crippen molar-refractivity contribution in [3.8, 4) is 0 Å². The zero-order valence-corrected chi connectivity index (χ0v) is 12.0.